The molecule has 1 N–H and O–H groups in total. The van der Waals surface area contributed by atoms with E-state index in [4.69, 9.17) is 0 Å². The molecule has 17 heavy (non-hydrogen) atoms. The highest BCUT2D eigenvalue weighted by molar-refractivity contribution is 5.25. The Kier molecular flexibility index (Phi) is 5.66. The van der Waals surface area contributed by atoms with Crippen LogP contribution in [0.4, 0.5) is 0 Å². The summed E-state index contributed by atoms with van der Waals surface area (Å²) in [6, 6.07) is 9.55. The number of likely N-dealkylation sites (N-methyl/N-ethyl adjacent to an activating group) is 2. The van der Waals surface area contributed by atoms with Crippen molar-refractivity contribution in [3.63, 3.8) is 0 Å². The topological polar surface area (TPSA) is 15.3 Å². The number of hydrogen-bond acceptors (Lipinski definition) is 2. The van der Waals surface area contributed by atoms with Crippen LogP contribution >= 0.6 is 0 Å². The fourth-order valence-electron chi connectivity index (χ4n) is 2.02. The highest BCUT2D eigenvalue weighted by Crippen LogP contribution is 2.15. The first-order valence-corrected chi connectivity index (χ1v) is 6.43. The lowest BCUT2D eigenvalue weighted by Gasteiger charge is -2.20. The van der Waals surface area contributed by atoms with Crippen LogP contribution in [0.2, 0.25) is 0 Å². The number of nitrogens with one attached hydrogen (secondary N) is 1. The number of hydrogen-bond donors (Lipinski definition) is 1. The Bertz CT molecular complexity index is 314. The van der Waals surface area contributed by atoms with Gasteiger partial charge >= 0.3 is 0 Å². The van der Waals surface area contributed by atoms with E-state index < -0.39 is 0 Å². The third-order valence-electron chi connectivity index (χ3n) is 3.12. The van der Waals surface area contributed by atoms with Crippen molar-refractivity contribution in [1.29, 1.82) is 0 Å². The molecular weight excluding hydrogens is 208 g/mol. The Labute approximate surface area is 106 Å². The van der Waals surface area contributed by atoms with Gasteiger partial charge in [0.25, 0.3) is 0 Å². The lowest BCUT2D eigenvalue weighted by atomic mass is 9.99. The molecule has 0 aliphatic heterocycles. The molecule has 96 valence electrons. The molecule has 0 radical (unpaired) electrons. The van der Waals surface area contributed by atoms with E-state index in [0.29, 0.717) is 12.0 Å². The zero-order valence-electron chi connectivity index (χ0n) is 11.8. The van der Waals surface area contributed by atoms with E-state index in [1.54, 1.807) is 0 Å². The normalized spacial score (nSPS) is 13.4. The quantitative estimate of drug-likeness (QED) is 0.813. The van der Waals surface area contributed by atoms with Crippen LogP contribution in [0.5, 0.6) is 0 Å². The van der Waals surface area contributed by atoms with Crippen molar-refractivity contribution in [3.05, 3.63) is 35.4 Å². The van der Waals surface area contributed by atoms with Gasteiger partial charge in [-0.2, -0.15) is 0 Å². The average Bonchev–Trinajstić information content (AvgIpc) is 2.28. The van der Waals surface area contributed by atoms with Crippen LogP contribution in [0.15, 0.2) is 24.3 Å². The lowest BCUT2D eigenvalue weighted by Crippen LogP contribution is -2.37. The fourth-order valence-corrected chi connectivity index (χ4v) is 2.02. The van der Waals surface area contributed by atoms with Crippen LogP contribution in [0.3, 0.4) is 0 Å². The van der Waals surface area contributed by atoms with E-state index >= 15 is 0 Å². The second-order valence-corrected chi connectivity index (χ2v) is 5.35. The van der Waals surface area contributed by atoms with Crippen molar-refractivity contribution in [3.8, 4) is 0 Å². The van der Waals surface area contributed by atoms with Gasteiger partial charge in [-0.05, 0) is 44.6 Å². The minimum Gasteiger partial charge on any atom is -0.315 e. The van der Waals surface area contributed by atoms with E-state index in [0.717, 1.165) is 13.0 Å². The summed E-state index contributed by atoms with van der Waals surface area (Å²) in [5, 5.41) is 3.38. The SMILES string of the molecule is CNC(Cc1ccc(C(C)C)cc1)CN(C)C. The van der Waals surface area contributed by atoms with E-state index in [1.165, 1.54) is 11.1 Å². The van der Waals surface area contributed by atoms with Crippen LogP contribution in [0, 0.1) is 0 Å². The first-order valence-electron chi connectivity index (χ1n) is 6.43. The second kappa shape index (κ2) is 6.77. The zero-order chi connectivity index (χ0) is 12.8. The highest BCUT2D eigenvalue weighted by atomic mass is 15.1. The van der Waals surface area contributed by atoms with Crippen molar-refractivity contribution in [1.82, 2.24) is 10.2 Å². The summed E-state index contributed by atoms with van der Waals surface area (Å²) in [7, 11) is 6.27. The molecule has 1 unspecified atom stereocenters. The molecule has 0 aliphatic carbocycles. The summed E-state index contributed by atoms with van der Waals surface area (Å²) >= 11 is 0. The molecule has 2 heteroatoms. The molecule has 0 spiro atoms. The predicted molar refractivity (Wildman–Crippen MR) is 75.6 cm³/mol. The number of rotatable bonds is 6. The Balaban J connectivity index is 2.61. The van der Waals surface area contributed by atoms with Gasteiger partial charge in [-0.25, -0.2) is 0 Å². The van der Waals surface area contributed by atoms with Crippen LogP contribution in [-0.4, -0.2) is 38.6 Å². The maximum absolute atomic E-state index is 3.38. The van der Waals surface area contributed by atoms with E-state index in [1.807, 2.05) is 7.05 Å². The fraction of sp³-hybridized carbons (Fsp3) is 0.600. The summed E-state index contributed by atoms with van der Waals surface area (Å²) in [4.78, 5) is 2.23. The van der Waals surface area contributed by atoms with E-state index in [-0.39, 0.29) is 0 Å². The van der Waals surface area contributed by atoms with Crippen molar-refractivity contribution in [2.45, 2.75) is 32.2 Å². The average molecular weight is 234 g/mol. The van der Waals surface area contributed by atoms with Gasteiger partial charge in [0.05, 0.1) is 0 Å². The number of benzene rings is 1. The Morgan fingerprint density at radius 1 is 1.12 bits per heavy atom. The molecule has 0 fully saturated rings. The smallest absolute Gasteiger partial charge is 0.0232 e. The minimum absolute atomic E-state index is 0.523. The van der Waals surface area contributed by atoms with Gasteiger partial charge in [-0.15, -0.1) is 0 Å². The van der Waals surface area contributed by atoms with E-state index in [2.05, 4.69) is 62.4 Å². The molecule has 1 aromatic carbocycles. The molecule has 0 saturated carbocycles. The highest BCUT2D eigenvalue weighted by Gasteiger charge is 2.08. The first-order chi connectivity index (χ1) is 8.02. The maximum Gasteiger partial charge on any atom is 0.0232 e. The molecule has 0 heterocycles. The van der Waals surface area contributed by atoms with Gasteiger partial charge in [0.2, 0.25) is 0 Å². The molecule has 1 aromatic rings. The summed E-state index contributed by atoms with van der Waals surface area (Å²) in [6.07, 6.45) is 1.09. The monoisotopic (exact) mass is 234 g/mol. The lowest BCUT2D eigenvalue weighted by molar-refractivity contribution is 0.346. The molecule has 0 bridgehead atoms. The zero-order valence-corrected chi connectivity index (χ0v) is 11.8. The van der Waals surface area contributed by atoms with Gasteiger partial charge in [-0.3, -0.25) is 0 Å². The van der Waals surface area contributed by atoms with Gasteiger partial charge in [0.1, 0.15) is 0 Å². The minimum atomic E-state index is 0.523. The van der Waals surface area contributed by atoms with Crippen molar-refractivity contribution in [2.75, 3.05) is 27.7 Å². The summed E-state index contributed by atoms with van der Waals surface area (Å²) in [6.45, 7) is 5.54. The molecule has 2 nitrogen and oxygen atoms in total. The summed E-state index contributed by atoms with van der Waals surface area (Å²) in [5.41, 5.74) is 2.83. The van der Waals surface area contributed by atoms with Crippen molar-refractivity contribution >= 4 is 0 Å². The van der Waals surface area contributed by atoms with Gasteiger partial charge < -0.3 is 10.2 Å². The van der Waals surface area contributed by atoms with Crippen LogP contribution < -0.4 is 5.32 Å². The van der Waals surface area contributed by atoms with Gasteiger partial charge in [0.15, 0.2) is 0 Å². The van der Waals surface area contributed by atoms with E-state index in [9.17, 15) is 0 Å². The Morgan fingerprint density at radius 3 is 2.12 bits per heavy atom. The Hall–Kier alpha value is -0.860. The molecule has 0 aromatic heterocycles. The molecular formula is C15H26N2. The predicted octanol–water partition coefficient (Wildman–Crippen LogP) is 2.50. The standard InChI is InChI=1S/C15H26N2/c1-12(2)14-8-6-13(7-9-14)10-15(16-3)11-17(4)5/h6-9,12,15-16H,10-11H2,1-5H3. The molecule has 0 aliphatic rings. The first kappa shape index (κ1) is 14.2. The van der Waals surface area contributed by atoms with Crippen LogP contribution in [0.1, 0.15) is 30.9 Å². The van der Waals surface area contributed by atoms with Gasteiger partial charge in [-0.1, -0.05) is 38.1 Å². The molecule has 1 atom stereocenters. The van der Waals surface area contributed by atoms with Crippen molar-refractivity contribution < 1.29 is 0 Å². The third kappa shape index (κ3) is 4.88. The van der Waals surface area contributed by atoms with Crippen molar-refractivity contribution in [2.24, 2.45) is 0 Å². The maximum atomic E-state index is 3.38. The van der Waals surface area contributed by atoms with Crippen LogP contribution in [0.25, 0.3) is 0 Å². The largest absolute Gasteiger partial charge is 0.315 e. The van der Waals surface area contributed by atoms with Crippen LogP contribution in [-0.2, 0) is 6.42 Å². The summed E-state index contributed by atoms with van der Waals surface area (Å²) in [5.74, 6) is 0.617. The third-order valence-corrected chi connectivity index (χ3v) is 3.12. The molecule has 1 rings (SSSR count). The Morgan fingerprint density at radius 2 is 1.71 bits per heavy atom. The second-order valence-electron chi connectivity index (χ2n) is 5.35. The summed E-state index contributed by atoms with van der Waals surface area (Å²) < 4.78 is 0. The molecule has 0 amide bonds. The molecule has 0 saturated heterocycles. The van der Waals surface area contributed by atoms with Gasteiger partial charge in [0, 0.05) is 12.6 Å². The number of nitrogens with zero attached hydrogens (tertiary/aromatic N) is 1.